The second kappa shape index (κ2) is 8.84. The van der Waals surface area contributed by atoms with Gasteiger partial charge in [-0.2, -0.15) is 5.26 Å². The van der Waals surface area contributed by atoms with Crippen molar-refractivity contribution in [3.63, 3.8) is 0 Å². The molecule has 1 rings (SSSR count). The van der Waals surface area contributed by atoms with Crippen LogP contribution in [0.2, 0.25) is 0 Å². The average molecular weight is 395 g/mol. The zero-order valence-corrected chi connectivity index (χ0v) is 14.6. The van der Waals surface area contributed by atoms with Crippen molar-refractivity contribution in [1.29, 1.82) is 10.7 Å². The molecule has 1 unspecified atom stereocenters. The lowest BCUT2D eigenvalue weighted by atomic mass is 10.0. The van der Waals surface area contributed by atoms with Crippen molar-refractivity contribution in [3.05, 3.63) is 28.2 Å². The summed E-state index contributed by atoms with van der Waals surface area (Å²) in [6, 6.07) is 4.76. The minimum atomic E-state index is -1.21. The van der Waals surface area contributed by atoms with Crippen molar-refractivity contribution >= 4 is 39.5 Å². The molecule has 1 atom stereocenters. The highest BCUT2D eigenvalue weighted by atomic mass is 79.9. The number of carbonyl (C=O) groups is 2. The van der Waals surface area contributed by atoms with E-state index in [1.54, 1.807) is 12.1 Å². The van der Waals surface area contributed by atoms with E-state index in [-0.39, 0.29) is 17.2 Å². The summed E-state index contributed by atoms with van der Waals surface area (Å²) in [5.41, 5.74) is 0.458. The maximum atomic E-state index is 11.6. The zero-order chi connectivity index (χ0) is 18.3. The molecule has 8 heteroatoms. The Balaban J connectivity index is 2.71. The van der Waals surface area contributed by atoms with E-state index in [4.69, 9.17) is 20.1 Å². The highest BCUT2D eigenvalue weighted by Gasteiger charge is 2.21. The number of nitrogens with zero attached hydrogens (tertiary/aromatic N) is 1. The van der Waals surface area contributed by atoms with E-state index in [2.05, 4.69) is 15.9 Å². The smallest absolute Gasteiger partial charge is 0.331 e. The van der Waals surface area contributed by atoms with Crippen molar-refractivity contribution in [2.45, 2.75) is 6.92 Å². The molecule has 0 aromatic heterocycles. The number of ether oxygens (including phenoxy) is 2. The van der Waals surface area contributed by atoms with Crippen LogP contribution in [0.4, 0.5) is 0 Å². The molecule has 0 amide bonds. The summed E-state index contributed by atoms with van der Waals surface area (Å²) in [5, 5.41) is 25.8. The third-order valence-corrected chi connectivity index (χ3v) is 3.53. The van der Waals surface area contributed by atoms with Crippen LogP contribution in [0.1, 0.15) is 12.5 Å². The third kappa shape index (κ3) is 5.21. The van der Waals surface area contributed by atoms with Gasteiger partial charge in [-0.15, -0.1) is 0 Å². The number of rotatable bonds is 7. The second-order valence-electron chi connectivity index (χ2n) is 4.71. The summed E-state index contributed by atoms with van der Waals surface area (Å²) in [6.07, 6.45) is 2.52. The van der Waals surface area contributed by atoms with Crippen LogP contribution in [0, 0.1) is 22.7 Å². The number of hydrogen-bond donors (Lipinski definition) is 2. The summed E-state index contributed by atoms with van der Waals surface area (Å²) >= 11 is 3.16. The average Bonchev–Trinajstić information content (AvgIpc) is 2.54. The fraction of sp³-hybridized carbons (Fsp3) is 0.250. The number of aromatic hydroxyl groups is 1. The minimum Gasteiger partial charge on any atom is -0.503 e. The fourth-order valence-corrected chi connectivity index (χ4v) is 2.15. The highest BCUT2D eigenvalue weighted by Crippen LogP contribution is 2.35. The second-order valence-corrected chi connectivity index (χ2v) is 5.56. The molecule has 0 heterocycles. The molecule has 0 aliphatic rings. The molecule has 0 spiro atoms. The van der Waals surface area contributed by atoms with Crippen LogP contribution in [-0.4, -0.2) is 36.3 Å². The van der Waals surface area contributed by atoms with Gasteiger partial charge in [0.2, 0.25) is 0 Å². The van der Waals surface area contributed by atoms with E-state index < -0.39 is 24.3 Å². The van der Waals surface area contributed by atoms with Crippen LogP contribution in [-0.2, 0) is 14.3 Å². The van der Waals surface area contributed by atoms with Crippen LogP contribution in [0.15, 0.2) is 22.7 Å². The number of hydrogen-bond acceptors (Lipinski definition) is 7. The summed E-state index contributed by atoms with van der Waals surface area (Å²) in [5.74, 6) is -2.47. The first-order valence-corrected chi connectivity index (χ1v) is 7.48. The van der Waals surface area contributed by atoms with E-state index in [0.29, 0.717) is 10.0 Å². The van der Waals surface area contributed by atoms with Crippen molar-refractivity contribution in [2.24, 2.45) is 5.92 Å². The molecule has 24 heavy (non-hydrogen) atoms. The van der Waals surface area contributed by atoms with Crippen LogP contribution in [0.3, 0.4) is 0 Å². The largest absolute Gasteiger partial charge is 0.503 e. The minimum absolute atomic E-state index is 0.0626. The summed E-state index contributed by atoms with van der Waals surface area (Å²) in [4.78, 5) is 23.3. The first kappa shape index (κ1) is 19.4. The van der Waals surface area contributed by atoms with E-state index in [9.17, 15) is 14.7 Å². The van der Waals surface area contributed by atoms with Gasteiger partial charge in [-0.05, 0) is 46.6 Å². The Morgan fingerprint density at radius 1 is 1.50 bits per heavy atom. The SMILES string of the molecule is COc1cc(/C=C/C(=O)OCC(=O)C(C#N)C(C)=N)cc(Br)c1O. The van der Waals surface area contributed by atoms with Gasteiger partial charge >= 0.3 is 5.97 Å². The predicted molar refractivity (Wildman–Crippen MR) is 89.9 cm³/mol. The van der Waals surface area contributed by atoms with Gasteiger partial charge in [-0.3, -0.25) is 4.79 Å². The van der Waals surface area contributed by atoms with Gasteiger partial charge in [-0.1, -0.05) is 0 Å². The number of Topliss-reactive ketones (excluding diaryl/α,β-unsaturated/α-hetero) is 1. The number of ketones is 1. The molecule has 0 saturated carbocycles. The molecule has 0 fully saturated rings. The number of phenolic OH excluding ortho intramolecular Hbond substituents is 1. The van der Waals surface area contributed by atoms with Crippen molar-refractivity contribution in [2.75, 3.05) is 13.7 Å². The lowest BCUT2D eigenvalue weighted by Crippen LogP contribution is -2.25. The first-order valence-electron chi connectivity index (χ1n) is 6.68. The van der Waals surface area contributed by atoms with E-state index in [1.807, 2.05) is 0 Å². The zero-order valence-electron chi connectivity index (χ0n) is 13.0. The number of nitriles is 1. The topological polar surface area (TPSA) is 120 Å². The molecule has 0 aliphatic heterocycles. The number of carbonyl (C=O) groups excluding carboxylic acids is 2. The number of esters is 1. The molecule has 7 nitrogen and oxygen atoms in total. The molecule has 0 saturated heterocycles. The van der Waals surface area contributed by atoms with E-state index >= 15 is 0 Å². The van der Waals surface area contributed by atoms with Gasteiger partial charge in [-0.25, -0.2) is 4.79 Å². The quantitative estimate of drug-likeness (QED) is 0.416. The molecular weight excluding hydrogens is 380 g/mol. The summed E-state index contributed by atoms with van der Waals surface area (Å²) < 4.78 is 10.1. The van der Waals surface area contributed by atoms with Crippen molar-refractivity contribution < 1.29 is 24.2 Å². The standard InChI is InChI=1S/C16H15BrN2O5/c1-9(19)11(7-18)13(20)8-24-15(21)4-3-10-5-12(17)16(22)14(6-10)23-2/h3-6,11,19,22H,8H2,1-2H3/b4-3+,19-9?. The lowest BCUT2D eigenvalue weighted by Gasteiger charge is -2.07. The van der Waals surface area contributed by atoms with Gasteiger partial charge in [0, 0.05) is 11.8 Å². The van der Waals surface area contributed by atoms with E-state index in [1.165, 1.54) is 26.2 Å². The molecule has 0 radical (unpaired) electrons. The Kier molecular flexibility index (Phi) is 7.14. The Labute approximate surface area is 147 Å². The maximum absolute atomic E-state index is 11.6. The number of nitrogens with one attached hydrogen (secondary N) is 1. The summed E-state index contributed by atoms with van der Waals surface area (Å²) in [7, 11) is 1.39. The Morgan fingerprint density at radius 2 is 2.17 bits per heavy atom. The molecule has 0 aliphatic carbocycles. The molecule has 1 aromatic carbocycles. The number of methoxy groups -OCH3 is 1. The van der Waals surface area contributed by atoms with Crippen LogP contribution < -0.4 is 4.74 Å². The van der Waals surface area contributed by atoms with Gasteiger partial charge in [0.25, 0.3) is 0 Å². The number of phenols is 1. The van der Waals surface area contributed by atoms with Crippen molar-refractivity contribution in [3.8, 4) is 17.6 Å². The first-order chi connectivity index (χ1) is 11.3. The third-order valence-electron chi connectivity index (χ3n) is 2.92. The highest BCUT2D eigenvalue weighted by molar-refractivity contribution is 9.10. The van der Waals surface area contributed by atoms with Crippen LogP contribution >= 0.6 is 15.9 Å². The molecule has 2 N–H and O–H groups in total. The fourth-order valence-electron chi connectivity index (χ4n) is 1.69. The molecular formula is C16H15BrN2O5. The van der Waals surface area contributed by atoms with Gasteiger partial charge < -0.3 is 20.0 Å². The molecule has 126 valence electrons. The van der Waals surface area contributed by atoms with Gasteiger partial charge in [0.15, 0.2) is 23.9 Å². The normalized spacial score (nSPS) is 11.6. The van der Waals surface area contributed by atoms with Crippen LogP contribution in [0.5, 0.6) is 11.5 Å². The Bertz CT molecular complexity index is 737. The summed E-state index contributed by atoms with van der Waals surface area (Å²) in [6.45, 7) is 0.754. The van der Waals surface area contributed by atoms with Gasteiger partial charge in [0.1, 0.15) is 5.92 Å². The van der Waals surface area contributed by atoms with E-state index in [0.717, 1.165) is 6.08 Å². The predicted octanol–water partition coefficient (Wildman–Crippen LogP) is 2.47. The Hall–Kier alpha value is -2.66. The maximum Gasteiger partial charge on any atom is 0.331 e. The van der Waals surface area contributed by atoms with Gasteiger partial charge in [0.05, 0.1) is 17.7 Å². The van der Waals surface area contributed by atoms with Crippen molar-refractivity contribution in [1.82, 2.24) is 0 Å². The molecule has 1 aromatic rings. The lowest BCUT2D eigenvalue weighted by molar-refractivity contribution is -0.143. The Morgan fingerprint density at radius 3 is 2.71 bits per heavy atom. The molecule has 0 bridgehead atoms. The monoisotopic (exact) mass is 394 g/mol. The number of benzene rings is 1. The van der Waals surface area contributed by atoms with Crippen LogP contribution in [0.25, 0.3) is 6.08 Å². The number of halogens is 1.